The summed E-state index contributed by atoms with van der Waals surface area (Å²) in [7, 11) is 0. The van der Waals surface area contributed by atoms with Crippen molar-refractivity contribution in [1.82, 2.24) is 0 Å². The van der Waals surface area contributed by atoms with Crippen molar-refractivity contribution in [2.24, 2.45) is 0 Å². The molecule has 1 rings (SSSR count). The second kappa shape index (κ2) is 5.39. The molecule has 0 fully saturated rings. The molecule has 0 saturated heterocycles. The van der Waals surface area contributed by atoms with E-state index in [1.165, 1.54) is 0 Å². The van der Waals surface area contributed by atoms with Crippen molar-refractivity contribution in [3.05, 3.63) is 29.8 Å². The van der Waals surface area contributed by atoms with Gasteiger partial charge in [-0.25, -0.2) is 4.79 Å². The fourth-order valence-electron chi connectivity index (χ4n) is 1.20. The molecule has 0 amide bonds. The zero-order valence-corrected chi connectivity index (χ0v) is 9.32. The van der Waals surface area contributed by atoms with E-state index in [0.29, 0.717) is 12.4 Å². The summed E-state index contributed by atoms with van der Waals surface area (Å²) in [4.78, 5) is 11.3. The van der Waals surface area contributed by atoms with Gasteiger partial charge < -0.3 is 9.47 Å². The average Bonchev–Trinajstić information content (AvgIpc) is 2.18. The van der Waals surface area contributed by atoms with Crippen LogP contribution in [-0.2, 0) is 9.53 Å². The summed E-state index contributed by atoms with van der Waals surface area (Å²) in [5.41, 5.74) is 1.10. The number of rotatable bonds is 4. The number of benzene rings is 1. The molecule has 15 heavy (non-hydrogen) atoms. The second-order valence-corrected chi connectivity index (χ2v) is 3.33. The Hall–Kier alpha value is -1.51. The lowest BCUT2D eigenvalue weighted by atomic mass is 10.2. The van der Waals surface area contributed by atoms with Crippen molar-refractivity contribution >= 4 is 5.97 Å². The van der Waals surface area contributed by atoms with Crippen LogP contribution in [0.2, 0.25) is 0 Å². The molecule has 0 radical (unpaired) electrons. The van der Waals surface area contributed by atoms with E-state index in [1.807, 2.05) is 31.2 Å². The summed E-state index contributed by atoms with van der Waals surface area (Å²) in [6, 6.07) is 7.57. The fourth-order valence-corrected chi connectivity index (χ4v) is 1.20. The maximum Gasteiger partial charge on any atom is 0.347 e. The van der Waals surface area contributed by atoms with E-state index in [2.05, 4.69) is 0 Å². The molecule has 0 aliphatic rings. The van der Waals surface area contributed by atoms with E-state index >= 15 is 0 Å². The molecule has 3 heteroatoms. The Bertz CT molecular complexity index is 333. The van der Waals surface area contributed by atoms with Crippen molar-refractivity contribution in [1.29, 1.82) is 0 Å². The summed E-state index contributed by atoms with van der Waals surface area (Å²) < 4.78 is 10.3. The smallest absolute Gasteiger partial charge is 0.347 e. The normalized spacial score (nSPS) is 11.9. The lowest BCUT2D eigenvalue weighted by molar-refractivity contribution is -0.150. The third kappa shape index (κ3) is 3.62. The first-order valence-electron chi connectivity index (χ1n) is 5.03. The fraction of sp³-hybridized carbons (Fsp3) is 0.417. The highest BCUT2D eigenvalue weighted by atomic mass is 16.6. The van der Waals surface area contributed by atoms with Crippen LogP contribution in [0.4, 0.5) is 0 Å². The Labute approximate surface area is 90.0 Å². The molecule has 82 valence electrons. The third-order valence-corrected chi connectivity index (χ3v) is 1.92. The highest BCUT2D eigenvalue weighted by molar-refractivity contribution is 5.74. The van der Waals surface area contributed by atoms with Gasteiger partial charge in [0.1, 0.15) is 5.75 Å². The molecule has 1 unspecified atom stereocenters. The Morgan fingerprint density at radius 1 is 1.47 bits per heavy atom. The summed E-state index contributed by atoms with van der Waals surface area (Å²) in [5, 5.41) is 0. The van der Waals surface area contributed by atoms with Crippen LogP contribution < -0.4 is 4.74 Å². The van der Waals surface area contributed by atoms with Gasteiger partial charge in [-0.3, -0.25) is 0 Å². The minimum Gasteiger partial charge on any atom is -0.479 e. The number of hydrogen-bond donors (Lipinski definition) is 0. The van der Waals surface area contributed by atoms with Gasteiger partial charge in [0.05, 0.1) is 6.61 Å². The number of ether oxygens (including phenoxy) is 2. The molecule has 0 aliphatic carbocycles. The van der Waals surface area contributed by atoms with Crippen molar-refractivity contribution in [2.45, 2.75) is 26.9 Å². The van der Waals surface area contributed by atoms with Crippen LogP contribution in [0.15, 0.2) is 24.3 Å². The molecule has 1 aromatic rings. The number of aryl methyl sites for hydroxylation is 1. The molecule has 1 atom stereocenters. The highest BCUT2D eigenvalue weighted by Crippen LogP contribution is 2.14. The Balaban J connectivity index is 2.58. The summed E-state index contributed by atoms with van der Waals surface area (Å²) >= 11 is 0. The van der Waals surface area contributed by atoms with Crippen LogP contribution in [0.5, 0.6) is 5.75 Å². The molecule has 3 nitrogen and oxygen atoms in total. The largest absolute Gasteiger partial charge is 0.479 e. The number of carbonyl (C=O) groups excluding carboxylic acids is 1. The molecule has 0 bridgehead atoms. The summed E-state index contributed by atoms with van der Waals surface area (Å²) in [6.45, 7) is 5.81. The van der Waals surface area contributed by atoms with E-state index in [4.69, 9.17) is 9.47 Å². The van der Waals surface area contributed by atoms with E-state index in [9.17, 15) is 4.79 Å². The minimum atomic E-state index is -0.563. The Morgan fingerprint density at radius 3 is 2.80 bits per heavy atom. The molecule has 0 spiro atoms. The molecule has 1 aromatic carbocycles. The van der Waals surface area contributed by atoms with Crippen molar-refractivity contribution < 1.29 is 14.3 Å². The maximum absolute atomic E-state index is 11.3. The zero-order chi connectivity index (χ0) is 11.3. The topological polar surface area (TPSA) is 35.5 Å². The molecule has 0 aromatic heterocycles. The third-order valence-electron chi connectivity index (χ3n) is 1.92. The van der Waals surface area contributed by atoms with E-state index in [0.717, 1.165) is 5.56 Å². The van der Waals surface area contributed by atoms with Crippen molar-refractivity contribution in [3.8, 4) is 5.75 Å². The monoisotopic (exact) mass is 208 g/mol. The Morgan fingerprint density at radius 2 is 2.20 bits per heavy atom. The Kier molecular flexibility index (Phi) is 4.16. The van der Waals surface area contributed by atoms with Gasteiger partial charge in [0.25, 0.3) is 0 Å². The van der Waals surface area contributed by atoms with Crippen LogP contribution in [0, 0.1) is 6.92 Å². The quantitative estimate of drug-likeness (QED) is 0.712. The van der Waals surface area contributed by atoms with Gasteiger partial charge in [0, 0.05) is 0 Å². The number of hydrogen-bond acceptors (Lipinski definition) is 3. The minimum absolute atomic E-state index is 0.334. The molecule has 0 saturated carbocycles. The summed E-state index contributed by atoms with van der Waals surface area (Å²) in [6.07, 6.45) is -0.563. The first kappa shape index (κ1) is 11.6. The predicted molar refractivity (Wildman–Crippen MR) is 57.9 cm³/mol. The standard InChI is InChI=1S/C12H16O3/c1-4-14-12(13)10(3)15-11-7-5-6-9(2)8-11/h5-8,10H,4H2,1-3H3. The maximum atomic E-state index is 11.3. The summed E-state index contributed by atoms with van der Waals surface area (Å²) in [5.74, 6) is 0.356. The van der Waals surface area contributed by atoms with E-state index < -0.39 is 6.10 Å². The van der Waals surface area contributed by atoms with Gasteiger partial charge in [-0.05, 0) is 38.5 Å². The molecule has 0 N–H and O–H groups in total. The van der Waals surface area contributed by atoms with Gasteiger partial charge in [0.2, 0.25) is 0 Å². The lowest BCUT2D eigenvalue weighted by Gasteiger charge is -2.13. The second-order valence-electron chi connectivity index (χ2n) is 3.33. The SMILES string of the molecule is CCOC(=O)C(C)Oc1cccc(C)c1. The molecule has 0 heterocycles. The molecular weight excluding hydrogens is 192 g/mol. The van der Waals surface area contributed by atoms with Crippen LogP contribution >= 0.6 is 0 Å². The van der Waals surface area contributed by atoms with Gasteiger partial charge in [-0.15, -0.1) is 0 Å². The molecular formula is C12H16O3. The van der Waals surface area contributed by atoms with Crippen LogP contribution in [0.1, 0.15) is 19.4 Å². The zero-order valence-electron chi connectivity index (χ0n) is 9.32. The van der Waals surface area contributed by atoms with Gasteiger partial charge in [-0.2, -0.15) is 0 Å². The van der Waals surface area contributed by atoms with E-state index in [-0.39, 0.29) is 5.97 Å². The highest BCUT2D eigenvalue weighted by Gasteiger charge is 2.15. The van der Waals surface area contributed by atoms with E-state index in [1.54, 1.807) is 13.8 Å². The van der Waals surface area contributed by atoms with Crippen molar-refractivity contribution in [3.63, 3.8) is 0 Å². The van der Waals surface area contributed by atoms with Gasteiger partial charge in [0.15, 0.2) is 6.10 Å². The van der Waals surface area contributed by atoms with Crippen LogP contribution in [0.25, 0.3) is 0 Å². The molecule has 0 aliphatic heterocycles. The first-order chi connectivity index (χ1) is 7.13. The van der Waals surface area contributed by atoms with Crippen molar-refractivity contribution in [2.75, 3.05) is 6.61 Å². The average molecular weight is 208 g/mol. The van der Waals surface area contributed by atoms with Gasteiger partial charge in [-0.1, -0.05) is 12.1 Å². The van der Waals surface area contributed by atoms with Crippen LogP contribution in [-0.4, -0.2) is 18.7 Å². The van der Waals surface area contributed by atoms with Gasteiger partial charge >= 0.3 is 5.97 Å². The predicted octanol–water partition coefficient (Wildman–Crippen LogP) is 2.33. The van der Waals surface area contributed by atoms with Crippen LogP contribution in [0.3, 0.4) is 0 Å². The first-order valence-corrected chi connectivity index (χ1v) is 5.03. The number of carbonyl (C=O) groups is 1. The number of esters is 1. The lowest BCUT2D eigenvalue weighted by Crippen LogP contribution is -2.26.